The van der Waals surface area contributed by atoms with Crippen molar-refractivity contribution >= 4 is 52.2 Å². The molecule has 148 valence electrons. The largest absolute Gasteiger partial charge is 0.486 e. The SMILES string of the molecule is CC(C)N1C(=O)SC(=Cc2cc(Cl)c(OCc3ccccc3C#N)c(Cl)c2)C1=O. The van der Waals surface area contributed by atoms with E-state index >= 15 is 0 Å². The van der Waals surface area contributed by atoms with E-state index < -0.39 is 0 Å². The molecule has 1 heterocycles. The Labute approximate surface area is 182 Å². The van der Waals surface area contributed by atoms with Gasteiger partial charge in [0.25, 0.3) is 11.1 Å². The number of halogens is 2. The molecule has 0 radical (unpaired) electrons. The quantitative estimate of drug-likeness (QED) is 0.535. The highest BCUT2D eigenvalue weighted by molar-refractivity contribution is 8.18. The van der Waals surface area contributed by atoms with Gasteiger partial charge in [0.2, 0.25) is 0 Å². The molecule has 0 atom stereocenters. The van der Waals surface area contributed by atoms with Crippen molar-refractivity contribution in [1.29, 1.82) is 5.26 Å². The summed E-state index contributed by atoms with van der Waals surface area (Å²) in [7, 11) is 0. The van der Waals surface area contributed by atoms with E-state index in [9.17, 15) is 9.59 Å². The normalized spacial score (nSPS) is 15.3. The molecular weight excluding hydrogens is 431 g/mol. The van der Waals surface area contributed by atoms with Crippen LogP contribution in [0, 0.1) is 11.3 Å². The minimum atomic E-state index is -0.337. The number of nitrogens with zero attached hydrogens (tertiary/aromatic N) is 2. The van der Waals surface area contributed by atoms with Gasteiger partial charge in [0.15, 0.2) is 5.75 Å². The van der Waals surface area contributed by atoms with Crippen molar-refractivity contribution in [3.8, 4) is 11.8 Å². The van der Waals surface area contributed by atoms with Crippen LogP contribution in [0.5, 0.6) is 5.75 Å². The first-order valence-corrected chi connectivity index (χ1v) is 10.3. The molecule has 0 bridgehead atoms. The third kappa shape index (κ3) is 4.59. The summed E-state index contributed by atoms with van der Waals surface area (Å²) in [5.41, 5.74) is 1.81. The van der Waals surface area contributed by atoms with Gasteiger partial charge in [0, 0.05) is 11.6 Å². The third-order valence-corrected chi connectivity index (χ3v) is 5.61. The minimum Gasteiger partial charge on any atom is -0.486 e. The number of nitriles is 1. The lowest BCUT2D eigenvalue weighted by Crippen LogP contribution is -2.34. The molecular formula is C21H16Cl2N2O3S. The Morgan fingerprint density at radius 3 is 2.45 bits per heavy atom. The van der Waals surface area contributed by atoms with Crippen molar-refractivity contribution < 1.29 is 14.3 Å². The van der Waals surface area contributed by atoms with Gasteiger partial charge in [-0.25, -0.2) is 0 Å². The Morgan fingerprint density at radius 2 is 1.86 bits per heavy atom. The Morgan fingerprint density at radius 1 is 1.21 bits per heavy atom. The standard InChI is InChI=1S/C21H16Cl2N2O3S/c1-12(2)25-20(26)18(29-21(25)27)9-13-7-16(22)19(17(23)8-13)28-11-15-6-4-3-5-14(15)10-24/h3-9,12H,11H2,1-2H3. The minimum absolute atomic E-state index is 0.135. The number of hydrogen-bond acceptors (Lipinski definition) is 5. The molecule has 1 aliphatic heterocycles. The number of rotatable bonds is 5. The lowest BCUT2D eigenvalue weighted by Gasteiger charge is -2.16. The van der Waals surface area contributed by atoms with Gasteiger partial charge in [-0.1, -0.05) is 41.4 Å². The van der Waals surface area contributed by atoms with Gasteiger partial charge in [-0.3, -0.25) is 14.5 Å². The molecule has 3 rings (SSSR count). The highest BCUT2D eigenvalue weighted by Crippen LogP contribution is 2.38. The first-order valence-electron chi connectivity index (χ1n) is 8.68. The molecule has 1 saturated heterocycles. The summed E-state index contributed by atoms with van der Waals surface area (Å²) < 4.78 is 5.74. The molecule has 29 heavy (non-hydrogen) atoms. The molecule has 2 aromatic carbocycles. The molecule has 1 fully saturated rings. The Kier molecular flexibility index (Phi) is 6.53. The van der Waals surface area contributed by atoms with Crippen molar-refractivity contribution in [2.24, 2.45) is 0 Å². The predicted octanol–water partition coefficient (Wildman–Crippen LogP) is 5.89. The van der Waals surface area contributed by atoms with E-state index in [1.165, 1.54) is 4.90 Å². The van der Waals surface area contributed by atoms with Crippen LogP contribution in [0.3, 0.4) is 0 Å². The van der Waals surface area contributed by atoms with Crippen molar-refractivity contribution in [1.82, 2.24) is 4.90 Å². The van der Waals surface area contributed by atoms with Crippen LogP contribution in [0.1, 0.15) is 30.5 Å². The summed E-state index contributed by atoms with van der Waals surface area (Å²) >= 11 is 13.5. The van der Waals surface area contributed by atoms with Crippen LogP contribution in [0.25, 0.3) is 6.08 Å². The van der Waals surface area contributed by atoms with Crippen molar-refractivity contribution in [3.63, 3.8) is 0 Å². The van der Waals surface area contributed by atoms with Gasteiger partial charge in [-0.2, -0.15) is 5.26 Å². The maximum atomic E-state index is 12.4. The lowest BCUT2D eigenvalue weighted by atomic mass is 10.1. The Bertz CT molecular complexity index is 1040. The number of carbonyl (C=O) groups is 2. The maximum absolute atomic E-state index is 12.4. The van der Waals surface area contributed by atoms with Gasteiger partial charge in [0.05, 0.1) is 26.6 Å². The topological polar surface area (TPSA) is 70.4 Å². The number of imide groups is 1. The summed E-state index contributed by atoms with van der Waals surface area (Å²) in [6.07, 6.45) is 1.58. The number of amides is 2. The van der Waals surface area contributed by atoms with Gasteiger partial charge in [0.1, 0.15) is 6.61 Å². The molecule has 8 heteroatoms. The van der Waals surface area contributed by atoms with Gasteiger partial charge >= 0.3 is 0 Å². The van der Waals surface area contributed by atoms with E-state index in [0.29, 0.717) is 21.6 Å². The van der Waals surface area contributed by atoms with Gasteiger partial charge in [-0.05, 0) is 55.4 Å². The highest BCUT2D eigenvalue weighted by atomic mass is 35.5. The molecule has 1 aliphatic rings. The van der Waals surface area contributed by atoms with Crippen LogP contribution >= 0.6 is 35.0 Å². The molecule has 0 spiro atoms. The number of benzene rings is 2. The van der Waals surface area contributed by atoms with Gasteiger partial charge in [-0.15, -0.1) is 0 Å². The average Bonchev–Trinajstić information content (AvgIpc) is 2.94. The number of hydrogen-bond donors (Lipinski definition) is 0. The Hall–Kier alpha value is -2.46. The molecule has 5 nitrogen and oxygen atoms in total. The number of carbonyl (C=O) groups excluding carboxylic acids is 2. The second kappa shape index (κ2) is 8.91. The molecule has 2 amide bonds. The van der Waals surface area contributed by atoms with Crippen molar-refractivity contribution in [2.45, 2.75) is 26.5 Å². The fourth-order valence-electron chi connectivity index (χ4n) is 2.78. The first kappa shape index (κ1) is 21.3. The second-order valence-corrected chi connectivity index (χ2v) is 8.32. The van der Waals surface area contributed by atoms with Crippen molar-refractivity contribution in [3.05, 3.63) is 68.0 Å². The summed E-state index contributed by atoms with van der Waals surface area (Å²) in [6, 6.07) is 12.2. The Balaban J connectivity index is 1.82. The summed E-state index contributed by atoms with van der Waals surface area (Å²) in [4.78, 5) is 26.0. The molecule has 2 aromatic rings. The fraction of sp³-hybridized carbons (Fsp3) is 0.190. The average molecular weight is 447 g/mol. The zero-order valence-corrected chi connectivity index (χ0v) is 17.9. The van der Waals surface area contributed by atoms with E-state index in [2.05, 4.69) is 6.07 Å². The molecule has 0 aliphatic carbocycles. The van der Waals surface area contributed by atoms with Gasteiger partial charge < -0.3 is 4.74 Å². The van der Waals surface area contributed by atoms with E-state index in [0.717, 1.165) is 11.8 Å². The van der Waals surface area contributed by atoms with E-state index in [-0.39, 0.29) is 39.6 Å². The van der Waals surface area contributed by atoms with E-state index in [1.54, 1.807) is 50.3 Å². The fourth-order valence-corrected chi connectivity index (χ4v) is 4.36. The van der Waals surface area contributed by atoms with Crippen LogP contribution in [0.4, 0.5) is 4.79 Å². The van der Waals surface area contributed by atoms with E-state index in [1.807, 2.05) is 6.07 Å². The zero-order valence-electron chi connectivity index (χ0n) is 15.6. The smallest absolute Gasteiger partial charge is 0.293 e. The predicted molar refractivity (Wildman–Crippen MR) is 115 cm³/mol. The van der Waals surface area contributed by atoms with Crippen LogP contribution in [0.15, 0.2) is 41.3 Å². The molecule has 0 unspecified atom stereocenters. The molecule has 0 N–H and O–H groups in total. The number of thioether (sulfide) groups is 1. The zero-order chi connectivity index (χ0) is 21.1. The lowest BCUT2D eigenvalue weighted by molar-refractivity contribution is -0.123. The molecule has 0 aromatic heterocycles. The monoisotopic (exact) mass is 446 g/mol. The summed E-state index contributed by atoms with van der Waals surface area (Å²) in [5, 5.41) is 9.40. The van der Waals surface area contributed by atoms with Crippen LogP contribution in [0.2, 0.25) is 10.0 Å². The molecule has 0 saturated carbocycles. The van der Waals surface area contributed by atoms with E-state index in [4.69, 9.17) is 33.2 Å². The van der Waals surface area contributed by atoms with Crippen molar-refractivity contribution in [2.75, 3.05) is 0 Å². The maximum Gasteiger partial charge on any atom is 0.293 e. The summed E-state index contributed by atoms with van der Waals surface area (Å²) in [5.74, 6) is -0.0517. The third-order valence-electron chi connectivity index (χ3n) is 4.17. The first-order chi connectivity index (χ1) is 13.8. The highest BCUT2D eigenvalue weighted by Gasteiger charge is 2.36. The second-order valence-electron chi connectivity index (χ2n) is 6.52. The van der Waals surface area contributed by atoms with Crippen LogP contribution in [-0.2, 0) is 11.4 Å². The van der Waals surface area contributed by atoms with Crippen LogP contribution in [-0.4, -0.2) is 22.1 Å². The van der Waals surface area contributed by atoms with Crippen LogP contribution < -0.4 is 4.74 Å². The summed E-state index contributed by atoms with van der Waals surface area (Å²) in [6.45, 7) is 3.70. The number of ether oxygens (including phenoxy) is 1.